The highest BCUT2D eigenvalue weighted by atomic mass is 32.1. The van der Waals surface area contributed by atoms with E-state index in [9.17, 15) is 13.6 Å². The van der Waals surface area contributed by atoms with Gasteiger partial charge in [0, 0.05) is 29.6 Å². The summed E-state index contributed by atoms with van der Waals surface area (Å²) in [6, 6.07) is 8.50. The third kappa shape index (κ3) is 5.59. The van der Waals surface area contributed by atoms with E-state index < -0.39 is 25.0 Å². The van der Waals surface area contributed by atoms with Crippen molar-refractivity contribution in [2.75, 3.05) is 25.6 Å². The molecule has 4 heterocycles. The van der Waals surface area contributed by atoms with E-state index in [0.717, 1.165) is 16.0 Å². The molecule has 0 radical (unpaired) electrons. The summed E-state index contributed by atoms with van der Waals surface area (Å²) in [5, 5.41) is 3.25. The van der Waals surface area contributed by atoms with Crippen molar-refractivity contribution < 1.29 is 32.5 Å². The van der Waals surface area contributed by atoms with Gasteiger partial charge in [-0.25, -0.2) is 28.5 Å². The number of hydrogen-bond acceptors (Lipinski definition) is 10. The molecule has 1 amide bonds. The van der Waals surface area contributed by atoms with Gasteiger partial charge < -0.3 is 18.9 Å². The van der Waals surface area contributed by atoms with E-state index in [-0.39, 0.29) is 19.1 Å². The minimum atomic E-state index is -2.52. The van der Waals surface area contributed by atoms with E-state index in [1.807, 2.05) is 19.9 Å². The van der Waals surface area contributed by atoms with Crippen molar-refractivity contribution in [1.82, 2.24) is 19.9 Å². The number of thiazole rings is 1. The van der Waals surface area contributed by atoms with Gasteiger partial charge in [0.25, 0.3) is 0 Å². The van der Waals surface area contributed by atoms with Crippen molar-refractivity contribution in [2.45, 2.75) is 32.8 Å². The number of hydrogen-bond donors (Lipinski definition) is 1. The lowest BCUT2D eigenvalue weighted by atomic mass is 10.1. The van der Waals surface area contributed by atoms with Gasteiger partial charge in [-0.15, -0.1) is 11.3 Å². The van der Waals surface area contributed by atoms with Gasteiger partial charge in [-0.3, -0.25) is 10.3 Å². The van der Waals surface area contributed by atoms with Gasteiger partial charge in [0.05, 0.1) is 29.9 Å². The molecule has 1 aliphatic heterocycles. The zero-order chi connectivity index (χ0) is 29.4. The predicted octanol–water partition coefficient (Wildman–Crippen LogP) is 6.12. The van der Waals surface area contributed by atoms with Crippen LogP contribution in [0.4, 0.5) is 19.3 Å². The molecule has 2 aromatic carbocycles. The standard InChI is InChI=1S/C29H25F2N5O5S/c1-14-6-21-26(39-12-18(41-21)13-40-29(37)34-17-4-5-32-15(2)7-17)27-24(14)36-28(42-27)19-8-16(10-22(30)31)9-20-25(19)33-11-23(35-20)38-3/h4-9,11,18,22H,10,12-13H2,1-3H3,(H,32,34,37)/t18-/m1/s1. The highest BCUT2D eigenvalue weighted by molar-refractivity contribution is 7.22. The van der Waals surface area contributed by atoms with Crippen LogP contribution in [0.3, 0.4) is 0 Å². The number of halogens is 2. The molecule has 6 rings (SSSR count). The molecule has 3 aromatic heterocycles. The predicted molar refractivity (Wildman–Crippen MR) is 153 cm³/mol. The minimum Gasteiger partial charge on any atom is -0.484 e. The molecule has 1 N–H and O–H groups in total. The van der Waals surface area contributed by atoms with E-state index in [1.165, 1.54) is 24.6 Å². The summed E-state index contributed by atoms with van der Waals surface area (Å²) >= 11 is 1.35. The normalized spacial score (nSPS) is 14.4. The number of alkyl halides is 2. The molecule has 0 bridgehead atoms. The van der Waals surface area contributed by atoms with Gasteiger partial charge in [0.2, 0.25) is 12.3 Å². The molecule has 10 nitrogen and oxygen atoms in total. The highest BCUT2D eigenvalue weighted by Gasteiger charge is 2.28. The molecule has 0 spiro atoms. The third-order valence-corrected chi connectivity index (χ3v) is 7.63. The van der Waals surface area contributed by atoms with Crippen molar-refractivity contribution in [3.05, 3.63) is 59.5 Å². The zero-order valence-corrected chi connectivity index (χ0v) is 23.6. The number of amides is 1. The first-order chi connectivity index (χ1) is 20.3. The number of carbonyl (C=O) groups is 1. The molecule has 42 heavy (non-hydrogen) atoms. The van der Waals surface area contributed by atoms with Crippen molar-refractivity contribution in [1.29, 1.82) is 0 Å². The smallest absolute Gasteiger partial charge is 0.411 e. The molecule has 0 saturated carbocycles. The lowest BCUT2D eigenvalue weighted by Crippen LogP contribution is -2.35. The number of anilines is 1. The SMILES string of the molecule is COc1cnc2c(-c3nc4c(C)cc5c(c4s3)OC[C@H](COC(=O)Nc3ccnc(C)c3)O5)cc(CC(F)F)cc2n1. The van der Waals surface area contributed by atoms with E-state index in [4.69, 9.17) is 23.9 Å². The molecule has 13 heteroatoms. The first-order valence-corrected chi connectivity index (χ1v) is 13.8. The first-order valence-electron chi connectivity index (χ1n) is 13.0. The van der Waals surface area contributed by atoms with Gasteiger partial charge >= 0.3 is 6.09 Å². The maximum Gasteiger partial charge on any atom is 0.411 e. The number of pyridine rings is 1. The second kappa shape index (κ2) is 11.3. The molecule has 0 fully saturated rings. The number of aromatic nitrogens is 4. The third-order valence-electron chi connectivity index (χ3n) is 6.54. The zero-order valence-electron chi connectivity index (χ0n) is 22.8. The number of benzene rings is 2. The molecule has 1 atom stereocenters. The van der Waals surface area contributed by atoms with Crippen molar-refractivity contribution >= 4 is 44.4 Å². The fraction of sp³-hybridized carbons (Fsp3) is 0.276. The van der Waals surface area contributed by atoms with Crippen LogP contribution < -0.4 is 19.5 Å². The molecular weight excluding hydrogens is 568 g/mol. The van der Waals surface area contributed by atoms with Crippen LogP contribution in [0, 0.1) is 13.8 Å². The summed E-state index contributed by atoms with van der Waals surface area (Å²) < 4.78 is 50.1. The van der Waals surface area contributed by atoms with Crippen LogP contribution in [-0.2, 0) is 11.2 Å². The quantitative estimate of drug-likeness (QED) is 0.238. The second-order valence-electron chi connectivity index (χ2n) is 9.70. The molecule has 0 unspecified atom stereocenters. The van der Waals surface area contributed by atoms with Crippen molar-refractivity contribution in [2.24, 2.45) is 0 Å². The Labute approximate surface area is 242 Å². The number of aryl methyl sites for hydroxylation is 2. The van der Waals surface area contributed by atoms with Gasteiger partial charge in [-0.2, -0.15) is 0 Å². The van der Waals surface area contributed by atoms with Gasteiger partial charge in [-0.05, 0) is 55.3 Å². The number of ether oxygens (including phenoxy) is 4. The first kappa shape index (κ1) is 27.5. The van der Waals surface area contributed by atoms with Crippen LogP contribution in [0.2, 0.25) is 0 Å². The fourth-order valence-corrected chi connectivity index (χ4v) is 5.82. The summed E-state index contributed by atoms with van der Waals surface area (Å²) in [7, 11) is 1.47. The lowest BCUT2D eigenvalue weighted by molar-refractivity contribution is 0.0383. The Morgan fingerprint density at radius 3 is 2.81 bits per heavy atom. The topological polar surface area (TPSA) is 118 Å². The number of rotatable bonds is 7. The maximum absolute atomic E-state index is 13.3. The second-order valence-corrected chi connectivity index (χ2v) is 10.7. The molecule has 0 aliphatic carbocycles. The highest BCUT2D eigenvalue weighted by Crippen LogP contribution is 2.46. The minimum absolute atomic E-state index is 0.0224. The maximum atomic E-state index is 13.3. The van der Waals surface area contributed by atoms with E-state index in [1.54, 1.807) is 30.5 Å². The summed E-state index contributed by atoms with van der Waals surface area (Å²) in [4.78, 5) is 30.1. The van der Waals surface area contributed by atoms with Crippen LogP contribution >= 0.6 is 11.3 Å². The van der Waals surface area contributed by atoms with Gasteiger partial charge in [0.1, 0.15) is 22.9 Å². The molecule has 1 aliphatic rings. The summed E-state index contributed by atoms with van der Waals surface area (Å²) in [5.74, 6) is 1.31. The summed E-state index contributed by atoms with van der Waals surface area (Å²) in [6.07, 6.45) is -1.01. The molecular formula is C29H25F2N5O5S. The Balaban J connectivity index is 1.27. The monoisotopic (exact) mass is 593 g/mol. The van der Waals surface area contributed by atoms with Crippen LogP contribution in [0.1, 0.15) is 16.8 Å². The van der Waals surface area contributed by atoms with E-state index in [0.29, 0.717) is 49.9 Å². The van der Waals surface area contributed by atoms with Crippen LogP contribution in [0.15, 0.2) is 42.7 Å². The van der Waals surface area contributed by atoms with Crippen molar-refractivity contribution in [3.8, 4) is 28.0 Å². The molecule has 216 valence electrons. The average molecular weight is 594 g/mol. The summed E-state index contributed by atoms with van der Waals surface area (Å²) in [5.41, 5.74) is 4.85. The Morgan fingerprint density at radius 2 is 2.02 bits per heavy atom. The summed E-state index contributed by atoms with van der Waals surface area (Å²) in [6.45, 7) is 3.85. The van der Waals surface area contributed by atoms with Gasteiger partial charge in [-0.1, -0.05) is 0 Å². The van der Waals surface area contributed by atoms with Gasteiger partial charge in [0.15, 0.2) is 17.6 Å². The Morgan fingerprint density at radius 1 is 1.17 bits per heavy atom. The number of nitrogens with one attached hydrogen (secondary N) is 1. The average Bonchev–Trinajstić information content (AvgIpc) is 3.41. The Hall–Kier alpha value is -4.65. The molecule has 0 saturated heterocycles. The Bertz CT molecular complexity index is 1820. The van der Waals surface area contributed by atoms with Crippen LogP contribution in [-0.4, -0.2) is 58.9 Å². The number of fused-ring (bicyclic) bond motifs is 4. The number of nitrogens with zero attached hydrogens (tertiary/aromatic N) is 4. The van der Waals surface area contributed by atoms with Crippen molar-refractivity contribution in [3.63, 3.8) is 0 Å². The molecule has 5 aromatic rings. The largest absolute Gasteiger partial charge is 0.484 e. The number of carbonyl (C=O) groups excluding carboxylic acids is 1. The number of methoxy groups -OCH3 is 1. The Kier molecular flexibility index (Phi) is 7.42. The van der Waals surface area contributed by atoms with Crippen LogP contribution in [0.25, 0.3) is 31.8 Å². The lowest BCUT2D eigenvalue weighted by Gasteiger charge is -2.26. The van der Waals surface area contributed by atoms with E-state index in [2.05, 4.69) is 20.3 Å². The van der Waals surface area contributed by atoms with Crippen LogP contribution in [0.5, 0.6) is 17.4 Å². The fourth-order valence-electron chi connectivity index (χ4n) is 4.66. The van der Waals surface area contributed by atoms with E-state index >= 15 is 0 Å².